The number of non-ortho nitro benzene ring substituents is 1. The molecule has 1 rings (SSSR count). The minimum Gasteiger partial charge on any atom is -0.353 e. The number of nitro benzene ring substituents is 1. The topological polar surface area (TPSA) is 72.2 Å². The van der Waals surface area contributed by atoms with Crippen molar-refractivity contribution in [1.29, 1.82) is 0 Å². The third kappa shape index (κ3) is 4.24. The number of nitrogens with zero attached hydrogens (tertiary/aromatic N) is 1. The van der Waals surface area contributed by atoms with E-state index in [0.29, 0.717) is 17.1 Å². The fourth-order valence-corrected chi connectivity index (χ4v) is 1.34. The molecule has 0 aliphatic heterocycles. The summed E-state index contributed by atoms with van der Waals surface area (Å²) < 4.78 is 0. The summed E-state index contributed by atoms with van der Waals surface area (Å²) in [5.74, 6) is -0.139. The van der Waals surface area contributed by atoms with E-state index in [2.05, 4.69) is 5.32 Å². The molecule has 90 valence electrons. The van der Waals surface area contributed by atoms with E-state index in [1.165, 1.54) is 25.1 Å². The lowest BCUT2D eigenvalue weighted by atomic mass is 10.2. The number of hydrogen-bond acceptors (Lipinski definition) is 3. The fourth-order valence-electron chi connectivity index (χ4n) is 1.16. The Hall–Kier alpha value is -1.88. The van der Waals surface area contributed by atoms with Crippen LogP contribution in [-0.2, 0) is 4.79 Å². The van der Waals surface area contributed by atoms with Crippen LogP contribution in [0.2, 0.25) is 5.02 Å². The molecule has 6 heteroatoms. The van der Waals surface area contributed by atoms with Gasteiger partial charge in [0.05, 0.1) is 4.92 Å². The van der Waals surface area contributed by atoms with Crippen LogP contribution in [0.25, 0.3) is 6.08 Å². The Morgan fingerprint density at radius 2 is 2.29 bits per heavy atom. The molecule has 0 atom stereocenters. The molecule has 1 aromatic carbocycles. The lowest BCUT2D eigenvalue weighted by Crippen LogP contribution is -2.19. The number of benzene rings is 1. The summed E-state index contributed by atoms with van der Waals surface area (Å²) in [7, 11) is 0. The number of amides is 1. The third-order valence-electron chi connectivity index (χ3n) is 1.96. The average molecular weight is 255 g/mol. The van der Waals surface area contributed by atoms with Crippen molar-refractivity contribution in [2.45, 2.75) is 6.92 Å². The molecule has 1 amide bonds. The van der Waals surface area contributed by atoms with E-state index in [1.54, 1.807) is 12.2 Å². The van der Waals surface area contributed by atoms with Crippen molar-refractivity contribution < 1.29 is 9.72 Å². The van der Waals surface area contributed by atoms with E-state index in [1.807, 2.05) is 0 Å². The summed E-state index contributed by atoms with van der Waals surface area (Å²) in [5.41, 5.74) is 0.528. The Morgan fingerprint density at radius 3 is 2.88 bits per heavy atom. The maximum Gasteiger partial charge on any atom is 0.270 e. The van der Waals surface area contributed by atoms with Crippen LogP contribution in [0.3, 0.4) is 0 Å². The summed E-state index contributed by atoms with van der Waals surface area (Å²) >= 11 is 5.88. The minimum absolute atomic E-state index is 0.0198. The molecule has 1 aromatic rings. The summed E-state index contributed by atoms with van der Waals surface area (Å²) in [6.45, 7) is 1.77. The first kappa shape index (κ1) is 13.2. The number of halogens is 1. The molecule has 0 spiro atoms. The standard InChI is InChI=1S/C11H11ClN2O3/c1-8(15)13-6-2-3-9-7-10(14(16)17)4-5-11(9)12/h2-5,7H,6H2,1H3,(H,13,15). The number of carbonyl (C=O) groups is 1. The van der Waals surface area contributed by atoms with Gasteiger partial charge in [-0.3, -0.25) is 14.9 Å². The highest BCUT2D eigenvalue weighted by molar-refractivity contribution is 6.32. The number of carbonyl (C=O) groups excluding carboxylic acids is 1. The van der Waals surface area contributed by atoms with Gasteiger partial charge in [0.2, 0.25) is 5.91 Å². The van der Waals surface area contributed by atoms with E-state index in [4.69, 9.17) is 11.6 Å². The van der Waals surface area contributed by atoms with Crippen molar-refractivity contribution in [1.82, 2.24) is 5.32 Å². The SMILES string of the molecule is CC(=O)NCC=Cc1cc([N+](=O)[O-])ccc1Cl. The van der Waals surface area contributed by atoms with E-state index in [-0.39, 0.29) is 11.6 Å². The van der Waals surface area contributed by atoms with Crippen LogP contribution in [0.15, 0.2) is 24.3 Å². The monoisotopic (exact) mass is 254 g/mol. The fraction of sp³-hybridized carbons (Fsp3) is 0.182. The predicted octanol–water partition coefficient (Wildman–Crippen LogP) is 2.40. The number of hydrogen-bond donors (Lipinski definition) is 1. The van der Waals surface area contributed by atoms with Gasteiger partial charge in [0, 0.05) is 30.6 Å². The highest BCUT2D eigenvalue weighted by atomic mass is 35.5. The Labute approximate surface area is 103 Å². The van der Waals surface area contributed by atoms with Crippen molar-refractivity contribution in [2.75, 3.05) is 6.54 Å². The lowest BCUT2D eigenvalue weighted by molar-refractivity contribution is -0.384. The molecule has 1 N–H and O–H groups in total. The molecule has 0 aliphatic carbocycles. The Balaban J connectivity index is 2.79. The van der Waals surface area contributed by atoms with Crippen LogP contribution in [-0.4, -0.2) is 17.4 Å². The minimum atomic E-state index is -0.485. The molecule has 5 nitrogen and oxygen atoms in total. The summed E-state index contributed by atoms with van der Waals surface area (Å²) in [6, 6.07) is 4.19. The number of rotatable bonds is 4. The van der Waals surface area contributed by atoms with Crippen LogP contribution in [0.1, 0.15) is 12.5 Å². The second-order valence-electron chi connectivity index (χ2n) is 3.30. The zero-order valence-corrected chi connectivity index (χ0v) is 9.90. The number of nitro groups is 1. The van der Waals surface area contributed by atoms with Crippen LogP contribution in [0, 0.1) is 10.1 Å². The van der Waals surface area contributed by atoms with E-state index < -0.39 is 4.92 Å². The molecule has 0 heterocycles. The first-order valence-electron chi connectivity index (χ1n) is 4.85. The Kier molecular flexibility index (Phi) is 4.66. The van der Waals surface area contributed by atoms with Gasteiger partial charge in [-0.2, -0.15) is 0 Å². The molecule has 0 saturated carbocycles. The highest BCUT2D eigenvalue weighted by Crippen LogP contribution is 2.22. The van der Waals surface area contributed by atoms with Gasteiger partial charge in [-0.25, -0.2) is 0 Å². The maximum atomic E-state index is 10.6. The molecular formula is C11H11ClN2O3. The largest absolute Gasteiger partial charge is 0.353 e. The molecule has 0 fully saturated rings. The van der Waals surface area contributed by atoms with E-state index in [0.717, 1.165) is 0 Å². The highest BCUT2D eigenvalue weighted by Gasteiger charge is 2.07. The van der Waals surface area contributed by atoms with Crippen LogP contribution in [0.5, 0.6) is 0 Å². The van der Waals surface area contributed by atoms with Crippen molar-refractivity contribution in [3.05, 3.63) is 45.0 Å². The summed E-state index contributed by atoms with van der Waals surface area (Å²) in [4.78, 5) is 20.7. The second kappa shape index (κ2) is 6.00. The second-order valence-corrected chi connectivity index (χ2v) is 3.71. The van der Waals surface area contributed by atoms with Crippen molar-refractivity contribution >= 4 is 29.3 Å². The first-order chi connectivity index (χ1) is 8.00. The molecule has 0 aromatic heterocycles. The van der Waals surface area contributed by atoms with Crippen LogP contribution < -0.4 is 5.32 Å². The van der Waals surface area contributed by atoms with E-state index >= 15 is 0 Å². The zero-order valence-electron chi connectivity index (χ0n) is 9.14. The van der Waals surface area contributed by atoms with Gasteiger partial charge in [0.25, 0.3) is 5.69 Å². The van der Waals surface area contributed by atoms with Crippen LogP contribution >= 0.6 is 11.6 Å². The molecule has 0 radical (unpaired) electrons. The van der Waals surface area contributed by atoms with Crippen molar-refractivity contribution in [3.63, 3.8) is 0 Å². The normalized spacial score (nSPS) is 10.5. The molecule has 0 bridgehead atoms. The lowest BCUT2D eigenvalue weighted by Gasteiger charge is -1.99. The Morgan fingerprint density at radius 1 is 1.59 bits per heavy atom. The Bertz CT molecular complexity index is 472. The number of nitrogens with one attached hydrogen (secondary N) is 1. The molecule has 0 aliphatic rings. The van der Waals surface area contributed by atoms with Gasteiger partial charge in [0.15, 0.2) is 0 Å². The van der Waals surface area contributed by atoms with Gasteiger partial charge in [-0.15, -0.1) is 0 Å². The van der Waals surface area contributed by atoms with Crippen LogP contribution in [0.4, 0.5) is 5.69 Å². The van der Waals surface area contributed by atoms with Crippen molar-refractivity contribution in [3.8, 4) is 0 Å². The quantitative estimate of drug-likeness (QED) is 0.662. The maximum absolute atomic E-state index is 10.6. The molecule has 0 unspecified atom stereocenters. The predicted molar refractivity (Wildman–Crippen MR) is 65.8 cm³/mol. The third-order valence-corrected chi connectivity index (χ3v) is 2.30. The molecular weight excluding hydrogens is 244 g/mol. The van der Waals surface area contributed by atoms with Gasteiger partial charge in [-0.1, -0.05) is 23.8 Å². The van der Waals surface area contributed by atoms with Gasteiger partial charge in [0.1, 0.15) is 0 Å². The zero-order chi connectivity index (χ0) is 12.8. The molecule has 17 heavy (non-hydrogen) atoms. The average Bonchev–Trinajstić information content (AvgIpc) is 2.25. The van der Waals surface area contributed by atoms with Crippen molar-refractivity contribution in [2.24, 2.45) is 0 Å². The molecule has 0 saturated heterocycles. The van der Waals surface area contributed by atoms with Gasteiger partial charge >= 0.3 is 0 Å². The first-order valence-corrected chi connectivity index (χ1v) is 5.23. The van der Waals surface area contributed by atoms with Gasteiger partial charge < -0.3 is 5.32 Å². The van der Waals surface area contributed by atoms with Gasteiger partial charge in [-0.05, 0) is 11.6 Å². The summed E-state index contributed by atoms with van der Waals surface area (Å²) in [5, 5.41) is 13.6. The smallest absolute Gasteiger partial charge is 0.270 e. The van der Waals surface area contributed by atoms with E-state index in [9.17, 15) is 14.9 Å². The summed E-state index contributed by atoms with van der Waals surface area (Å²) in [6.07, 6.45) is 3.30.